The van der Waals surface area contributed by atoms with E-state index < -0.39 is 0 Å². The highest BCUT2D eigenvalue weighted by molar-refractivity contribution is 5.92. The maximum atomic E-state index is 12.0. The second-order valence-corrected chi connectivity index (χ2v) is 8.17. The van der Waals surface area contributed by atoms with Crippen LogP contribution >= 0.6 is 12.4 Å². The molecule has 0 heterocycles. The molecule has 0 radical (unpaired) electrons. The van der Waals surface area contributed by atoms with Crippen LogP contribution in [-0.4, -0.2) is 38.0 Å². The van der Waals surface area contributed by atoms with Gasteiger partial charge in [0.2, 0.25) is 5.91 Å². The van der Waals surface area contributed by atoms with Gasteiger partial charge in [0.05, 0.1) is 0 Å². The van der Waals surface area contributed by atoms with Crippen LogP contribution in [-0.2, 0) is 4.79 Å². The summed E-state index contributed by atoms with van der Waals surface area (Å²) in [7, 11) is 3.75. The molecule has 1 amide bonds. The van der Waals surface area contributed by atoms with Crippen LogP contribution in [0.2, 0.25) is 0 Å². The monoisotopic (exact) mass is 432 g/mol. The van der Waals surface area contributed by atoms with Gasteiger partial charge in [0.15, 0.2) is 0 Å². The van der Waals surface area contributed by atoms with Gasteiger partial charge in [-0.1, -0.05) is 104 Å². The standard InChI is InChI=1S/C23H45NO.C2H7N.ClH/c1-5-7-8-9-10-11-12-13-14-15-16-17-18-19-21-24(20-6-2)23(25)22(3)4;1-3-2;/h3,5-21H2,1-2,4H3;3H,1-2H3;1H. The lowest BCUT2D eigenvalue weighted by Crippen LogP contribution is -2.33. The first-order valence-electron chi connectivity index (χ1n) is 12.1. The number of hydrogen-bond acceptors (Lipinski definition) is 2. The predicted octanol–water partition coefficient (Wildman–Crippen LogP) is 7.54. The summed E-state index contributed by atoms with van der Waals surface area (Å²) in [5.74, 6) is 0.136. The maximum absolute atomic E-state index is 12.0. The van der Waals surface area contributed by atoms with Gasteiger partial charge < -0.3 is 10.2 Å². The predicted molar refractivity (Wildman–Crippen MR) is 134 cm³/mol. The van der Waals surface area contributed by atoms with E-state index in [9.17, 15) is 4.79 Å². The normalized spacial score (nSPS) is 9.97. The molecule has 0 atom stereocenters. The Labute approximate surface area is 189 Å². The van der Waals surface area contributed by atoms with Crippen molar-refractivity contribution in [3.05, 3.63) is 12.2 Å². The van der Waals surface area contributed by atoms with Crippen molar-refractivity contribution in [3.63, 3.8) is 0 Å². The molecule has 0 aromatic carbocycles. The minimum atomic E-state index is 0. The molecule has 0 aliphatic carbocycles. The SMILES string of the molecule is C=C(C)C(=O)N(CCC)CCCCCCCCCCCCCCCC.CNC.Cl. The summed E-state index contributed by atoms with van der Waals surface area (Å²) in [5.41, 5.74) is 0.666. The second kappa shape index (κ2) is 27.5. The molecule has 0 aliphatic heterocycles. The van der Waals surface area contributed by atoms with Gasteiger partial charge in [-0.25, -0.2) is 0 Å². The number of carbonyl (C=O) groups excluding carboxylic acids is 1. The van der Waals surface area contributed by atoms with Gasteiger partial charge in [-0.05, 0) is 33.9 Å². The van der Waals surface area contributed by atoms with Gasteiger partial charge in [-0.2, -0.15) is 0 Å². The lowest BCUT2D eigenvalue weighted by Gasteiger charge is -2.22. The highest BCUT2D eigenvalue weighted by Crippen LogP contribution is 2.13. The summed E-state index contributed by atoms with van der Waals surface area (Å²) < 4.78 is 0. The zero-order chi connectivity index (χ0) is 21.5. The molecular formula is C25H53ClN2O. The molecule has 1 N–H and O–H groups in total. The summed E-state index contributed by atoms with van der Waals surface area (Å²) >= 11 is 0. The molecule has 0 saturated heterocycles. The van der Waals surface area contributed by atoms with Gasteiger partial charge in [-0.15, -0.1) is 12.4 Å². The lowest BCUT2D eigenvalue weighted by atomic mass is 10.0. The largest absolute Gasteiger partial charge is 0.339 e. The Bertz CT molecular complexity index is 348. The fourth-order valence-electron chi connectivity index (χ4n) is 3.35. The van der Waals surface area contributed by atoms with Crippen LogP contribution in [0.4, 0.5) is 0 Å². The minimum Gasteiger partial charge on any atom is -0.339 e. The van der Waals surface area contributed by atoms with E-state index in [-0.39, 0.29) is 18.3 Å². The Morgan fingerprint density at radius 1 is 0.690 bits per heavy atom. The zero-order valence-corrected chi connectivity index (χ0v) is 21.3. The molecule has 0 unspecified atom stereocenters. The first-order valence-corrected chi connectivity index (χ1v) is 12.1. The molecule has 0 aromatic rings. The topological polar surface area (TPSA) is 32.3 Å². The van der Waals surface area contributed by atoms with E-state index >= 15 is 0 Å². The lowest BCUT2D eigenvalue weighted by molar-refractivity contribution is -0.127. The average Bonchev–Trinajstić information content (AvgIpc) is 2.67. The van der Waals surface area contributed by atoms with Crippen LogP contribution in [0.15, 0.2) is 12.2 Å². The first-order chi connectivity index (χ1) is 13.5. The van der Waals surface area contributed by atoms with E-state index in [0.29, 0.717) is 5.57 Å². The Morgan fingerprint density at radius 2 is 1.03 bits per heavy atom. The Balaban J connectivity index is -0.00000158. The van der Waals surface area contributed by atoms with E-state index in [1.54, 1.807) is 0 Å². The first kappa shape index (κ1) is 33.1. The third-order valence-electron chi connectivity index (χ3n) is 4.93. The average molecular weight is 433 g/mol. The number of nitrogens with one attached hydrogen (secondary N) is 1. The molecule has 0 bridgehead atoms. The van der Waals surface area contributed by atoms with Gasteiger partial charge in [-0.3, -0.25) is 4.79 Å². The van der Waals surface area contributed by atoms with E-state index in [2.05, 4.69) is 25.7 Å². The molecule has 176 valence electrons. The fraction of sp³-hybridized carbons (Fsp3) is 0.880. The minimum absolute atomic E-state index is 0. The van der Waals surface area contributed by atoms with Gasteiger partial charge in [0, 0.05) is 18.7 Å². The summed E-state index contributed by atoms with van der Waals surface area (Å²) in [5, 5.41) is 2.75. The molecule has 29 heavy (non-hydrogen) atoms. The van der Waals surface area contributed by atoms with Crippen molar-refractivity contribution in [2.45, 2.75) is 117 Å². The Hall–Kier alpha value is -0.540. The quantitative estimate of drug-likeness (QED) is 0.179. The summed E-state index contributed by atoms with van der Waals surface area (Å²) in [6, 6.07) is 0. The molecule has 4 heteroatoms. The van der Waals surface area contributed by atoms with Crippen LogP contribution < -0.4 is 5.32 Å². The van der Waals surface area contributed by atoms with E-state index in [4.69, 9.17) is 0 Å². The molecule has 0 rings (SSSR count). The molecule has 0 fully saturated rings. The third-order valence-corrected chi connectivity index (χ3v) is 4.93. The number of carbonyl (C=O) groups is 1. The molecule has 3 nitrogen and oxygen atoms in total. The highest BCUT2D eigenvalue weighted by atomic mass is 35.5. The van der Waals surface area contributed by atoms with E-state index in [1.165, 1.54) is 83.5 Å². The fourth-order valence-corrected chi connectivity index (χ4v) is 3.35. The summed E-state index contributed by atoms with van der Waals surface area (Å²) in [4.78, 5) is 14.0. The van der Waals surface area contributed by atoms with Crippen molar-refractivity contribution >= 4 is 18.3 Å². The molecular weight excluding hydrogens is 380 g/mol. The van der Waals surface area contributed by atoms with Gasteiger partial charge in [0.25, 0.3) is 0 Å². The smallest absolute Gasteiger partial charge is 0.248 e. The number of rotatable bonds is 18. The van der Waals surface area contributed by atoms with E-state index in [1.807, 2.05) is 25.9 Å². The second-order valence-electron chi connectivity index (χ2n) is 8.17. The highest BCUT2D eigenvalue weighted by Gasteiger charge is 2.12. The van der Waals surface area contributed by atoms with Crippen molar-refractivity contribution < 1.29 is 4.79 Å². The summed E-state index contributed by atoms with van der Waals surface area (Å²) in [6.07, 6.45) is 20.3. The number of amides is 1. The molecule has 0 spiro atoms. The van der Waals surface area contributed by atoms with Crippen molar-refractivity contribution in [1.82, 2.24) is 10.2 Å². The molecule has 0 saturated carbocycles. The van der Waals surface area contributed by atoms with Crippen LogP contribution in [0.1, 0.15) is 117 Å². The number of nitrogens with zero attached hydrogens (tertiary/aromatic N) is 1. The van der Waals surface area contributed by atoms with E-state index in [0.717, 1.165) is 25.9 Å². The molecule has 0 aliphatic rings. The van der Waals surface area contributed by atoms with Crippen molar-refractivity contribution in [3.8, 4) is 0 Å². The van der Waals surface area contributed by atoms with Crippen LogP contribution in [0.3, 0.4) is 0 Å². The van der Waals surface area contributed by atoms with Crippen LogP contribution in [0.25, 0.3) is 0 Å². The van der Waals surface area contributed by atoms with Crippen LogP contribution in [0, 0.1) is 0 Å². The zero-order valence-electron chi connectivity index (χ0n) is 20.5. The number of halogens is 1. The number of hydrogen-bond donors (Lipinski definition) is 1. The van der Waals surface area contributed by atoms with Gasteiger partial charge >= 0.3 is 0 Å². The van der Waals surface area contributed by atoms with Crippen molar-refractivity contribution in [1.29, 1.82) is 0 Å². The van der Waals surface area contributed by atoms with Crippen LogP contribution in [0.5, 0.6) is 0 Å². The van der Waals surface area contributed by atoms with Gasteiger partial charge in [0.1, 0.15) is 0 Å². The molecule has 0 aromatic heterocycles. The number of unbranched alkanes of at least 4 members (excludes halogenated alkanes) is 13. The third kappa shape index (κ3) is 25.4. The Morgan fingerprint density at radius 3 is 1.34 bits per heavy atom. The van der Waals surface area contributed by atoms with Crippen molar-refractivity contribution in [2.75, 3.05) is 27.2 Å². The maximum Gasteiger partial charge on any atom is 0.248 e. The van der Waals surface area contributed by atoms with Crippen molar-refractivity contribution in [2.24, 2.45) is 0 Å². The summed E-state index contributed by atoms with van der Waals surface area (Å²) in [6.45, 7) is 11.8. The Kier molecular flexibility index (Phi) is 31.3.